The molecule has 0 aliphatic carbocycles. The first kappa shape index (κ1) is 17.7. The number of rotatable bonds is 6. The quantitative estimate of drug-likeness (QED) is 0.784. The summed E-state index contributed by atoms with van der Waals surface area (Å²) in [4.78, 5) is 0. The molecule has 0 aromatic heterocycles. The lowest BCUT2D eigenvalue weighted by Crippen LogP contribution is -2.58. The number of hydrogen-bond acceptors (Lipinski definition) is 3. The Morgan fingerprint density at radius 3 is 1.89 bits per heavy atom. The molecule has 2 N–H and O–H groups in total. The Morgan fingerprint density at radius 2 is 1.56 bits per heavy atom. The molecule has 8 heteroatoms. The predicted octanol–water partition coefficient (Wildman–Crippen LogP) is 1.80. The summed E-state index contributed by atoms with van der Waals surface area (Å²) in [6, 6.07) is 0. The van der Waals surface area contributed by atoms with E-state index >= 15 is 0 Å². The molecular formula is C10H20F3NO3S. The van der Waals surface area contributed by atoms with E-state index in [0.29, 0.717) is 0 Å². The molecule has 18 heavy (non-hydrogen) atoms. The van der Waals surface area contributed by atoms with Crippen LogP contribution < -0.4 is 4.72 Å². The summed E-state index contributed by atoms with van der Waals surface area (Å²) in [6.45, 7) is 5.78. The minimum atomic E-state index is -4.36. The third-order valence-corrected chi connectivity index (χ3v) is 4.46. The van der Waals surface area contributed by atoms with Crippen molar-refractivity contribution in [1.29, 1.82) is 0 Å². The highest BCUT2D eigenvalue weighted by molar-refractivity contribution is 7.89. The van der Waals surface area contributed by atoms with E-state index in [1.807, 2.05) is 0 Å². The normalized spacial score (nSPS) is 14.9. The van der Waals surface area contributed by atoms with Gasteiger partial charge in [0.2, 0.25) is 10.0 Å². The lowest BCUT2D eigenvalue weighted by Gasteiger charge is -2.37. The molecule has 4 nitrogen and oxygen atoms in total. The first-order valence-corrected chi connectivity index (χ1v) is 7.12. The average molecular weight is 291 g/mol. The van der Waals surface area contributed by atoms with Gasteiger partial charge in [-0.15, -0.1) is 0 Å². The van der Waals surface area contributed by atoms with Crippen molar-refractivity contribution in [3.8, 4) is 0 Å². The van der Waals surface area contributed by atoms with Crippen molar-refractivity contribution in [1.82, 2.24) is 4.72 Å². The molecule has 0 bridgehead atoms. The molecule has 0 amide bonds. The van der Waals surface area contributed by atoms with Crippen LogP contribution in [0.4, 0.5) is 13.2 Å². The Labute approximate surface area is 106 Å². The second kappa shape index (κ2) is 5.34. The minimum Gasteiger partial charge on any atom is -0.389 e. The van der Waals surface area contributed by atoms with Gasteiger partial charge in [-0.3, -0.25) is 0 Å². The molecule has 0 radical (unpaired) electrons. The average Bonchev–Trinajstić information content (AvgIpc) is 1.95. The van der Waals surface area contributed by atoms with Gasteiger partial charge in [-0.2, -0.15) is 13.2 Å². The fourth-order valence-corrected chi connectivity index (χ4v) is 2.68. The van der Waals surface area contributed by atoms with Gasteiger partial charge >= 0.3 is 6.18 Å². The summed E-state index contributed by atoms with van der Waals surface area (Å²) in [5, 5.41) is 9.76. The number of nitrogens with one attached hydrogen (secondary N) is 1. The molecule has 0 unspecified atom stereocenters. The van der Waals surface area contributed by atoms with Gasteiger partial charge in [-0.1, -0.05) is 0 Å². The molecule has 0 fully saturated rings. The molecule has 0 aromatic carbocycles. The summed E-state index contributed by atoms with van der Waals surface area (Å²) in [6.07, 6.45) is -6.00. The Morgan fingerprint density at radius 1 is 1.11 bits per heavy atom. The largest absolute Gasteiger partial charge is 0.389 e. The van der Waals surface area contributed by atoms with Crippen molar-refractivity contribution in [3.05, 3.63) is 0 Å². The smallest absolute Gasteiger partial charge is 0.389 e. The van der Waals surface area contributed by atoms with Crippen molar-refractivity contribution in [2.24, 2.45) is 0 Å². The Balaban J connectivity index is 4.51. The van der Waals surface area contributed by atoms with Gasteiger partial charge in [0.25, 0.3) is 0 Å². The van der Waals surface area contributed by atoms with Gasteiger partial charge in [-0.25, -0.2) is 13.1 Å². The highest BCUT2D eigenvalue weighted by atomic mass is 32.2. The molecule has 0 saturated heterocycles. The van der Waals surface area contributed by atoms with E-state index in [-0.39, 0.29) is 0 Å². The van der Waals surface area contributed by atoms with Gasteiger partial charge in [0.05, 0.1) is 16.9 Å². The first-order valence-electron chi connectivity index (χ1n) is 5.47. The summed E-state index contributed by atoms with van der Waals surface area (Å²) in [5.41, 5.74) is -2.49. The molecule has 0 aliphatic rings. The lowest BCUT2D eigenvalue weighted by atomic mass is 9.87. The van der Waals surface area contributed by atoms with Crippen LogP contribution in [0.5, 0.6) is 0 Å². The molecule has 0 saturated carbocycles. The topological polar surface area (TPSA) is 66.4 Å². The molecule has 0 aliphatic heterocycles. The second-order valence-electron chi connectivity index (χ2n) is 5.32. The van der Waals surface area contributed by atoms with Crippen LogP contribution in [0.1, 0.15) is 40.5 Å². The van der Waals surface area contributed by atoms with Crippen LogP contribution in [0.25, 0.3) is 0 Å². The third-order valence-electron chi connectivity index (χ3n) is 2.81. The Kier molecular flexibility index (Phi) is 5.24. The van der Waals surface area contributed by atoms with E-state index in [9.17, 15) is 26.7 Å². The molecule has 0 atom stereocenters. The van der Waals surface area contributed by atoms with E-state index < -0.39 is 45.9 Å². The van der Waals surface area contributed by atoms with Crippen LogP contribution >= 0.6 is 0 Å². The summed E-state index contributed by atoms with van der Waals surface area (Å²) in [5.74, 6) is -0.619. The van der Waals surface area contributed by atoms with Crippen LogP contribution in [0, 0.1) is 0 Å². The van der Waals surface area contributed by atoms with Gasteiger partial charge in [0, 0.05) is 6.42 Å². The molecule has 0 aromatic rings. The zero-order valence-electron chi connectivity index (χ0n) is 10.9. The number of alkyl halides is 3. The maximum atomic E-state index is 11.9. The molecule has 0 rings (SSSR count). The number of aliphatic hydroxyl groups is 1. The highest BCUT2D eigenvalue weighted by Gasteiger charge is 2.38. The first-order chi connectivity index (χ1) is 7.66. The standard InChI is InChI=1S/C10H20F3NO3S/c1-8(2,9(3,4)15)14-18(16,17)7-5-6-10(11,12)13/h14-15H,5-7H2,1-4H3. The minimum absolute atomic E-state index is 0.499. The molecular weight excluding hydrogens is 271 g/mol. The van der Waals surface area contributed by atoms with Crippen molar-refractivity contribution in [2.75, 3.05) is 5.75 Å². The summed E-state index contributed by atoms with van der Waals surface area (Å²) in [7, 11) is -3.85. The lowest BCUT2D eigenvalue weighted by molar-refractivity contribution is -0.134. The Hall–Kier alpha value is -0.340. The van der Waals surface area contributed by atoms with Gasteiger partial charge in [0.1, 0.15) is 0 Å². The number of halogens is 3. The molecule has 0 heterocycles. The summed E-state index contributed by atoms with van der Waals surface area (Å²) >= 11 is 0. The van der Waals surface area contributed by atoms with Crippen LogP contribution in [0.2, 0.25) is 0 Å². The monoisotopic (exact) mass is 291 g/mol. The van der Waals surface area contributed by atoms with Crippen LogP contribution in [0.3, 0.4) is 0 Å². The van der Waals surface area contributed by atoms with Crippen molar-refractivity contribution in [2.45, 2.75) is 57.9 Å². The van der Waals surface area contributed by atoms with Crippen molar-refractivity contribution >= 4 is 10.0 Å². The van der Waals surface area contributed by atoms with Crippen LogP contribution in [0.15, 0.2) is 0 Å². The number of sulfonamides is 1. The van der Waals surface area contributed by atoms with E-state index in [2.05, 4.69) is 4.72 Å². The van der Waals surface area contributed by atoms with Gasteiger partial charge in [0.15, 0.2) is 0 Å². The predicted molar refractivity (Wildman–Crippen MR) is 62.6 cm³/mol. The van der Waals surface area contributed by atoms with Gasteiger partial charge in [-0.05, 0) is 34.1 Å². The maximum absolute atomic E-state index is 11.9. The van der Waals surface area contributed by atoms with E-state index in [4.69, 9.17) is 0 Å². The van der Waals surface area contributed by atoms with Crippen molar-refractivity contribution < 1.29 is 26.7 Å². The SMILES string of the molecule is CC(C)(O)C(C)(C)NS(=O)(=O)CCCC(F)(F)F. The third kappa shape index (κ3) is 6.55. The zero-order chi connectivity index (χ0) is 14.8. The maximum Gasteiger partial charge on any atom is 0.389 e. The molecule has 110 valence electrons. The highest BCUT2D eigenvalue weighted by Crippen LogP contribution is 2.23. The number of hydrogen-bond donors (Lipinski definition) is 2. The zero-order valence-corrected chi connectivity index (χ0v) is 11.7. The van der Waals surface area contributed by atoms with E-state index in [1.165, 1.54) is 27.7 Å². The van der Waals surface area contributed by atoms with Crippen LogP contribution in [-0.4, -0.2) is 36.6 Å². The van der Waals surface area contributed by atoms with E-state index in [0.717, 1.165) is 0 Å². The van der Waals surface area contributed by atoms with Gasteiger partial charge < -0.3 is 5.11 Å². The summed E-state index contributed by atoms with van der Waals surface area (Å²) < 4.78 is 61.1. The second-order valence-corrected chi connectivity index (χ2v) is 7.17. The van der Waals surface area contributed by atoms with Crippen molar-refractivity contribution in [3.63, 3.8) is 0 Å². The fourth-order valence-electron chi connectivity index (χ4n) is 1.03. The fraction of sp³-hybridized carbons (Fsp3) is 1.00. The van der Waals surface area contributed by atoms with E-state index in [1.54, 1.807) is 0 Å². The van der Waals surface area contributed by atoms with Crippen LogP contribution in [-0.2, 0) is 10.0 Å². The Bertz CT molecular complexity index is 369. The molecule has 0 spiro atoms.